The van der Waals surface area contributed by atoms with Gasteiger partial charge in [0.25, 0.3) is 0 Å². The Morgan fingerprint density at radius 2 is 1.81 bits per heavy atom. The molecule has 0 unspecified atom stereocenters. The van der Waals surface area contributed by atoms with E-state index in [1.54, 1.807) is 24.3 Å². The smallest absolute Gasteiger partial charge is 0.331 e. The van der Waals surface area contributed by atoms with Gasteiger partial charge in [-0.2, -0.15) is 0 Å². The molecule has 1 saturated heterocycles. The lowest BCUT2D eigenvalue weighted by Crippen LogP contribution is -2.57. The van der Waals surface area contributed by atoms with E-state index in [1.165, 1.54) is 13.2 Å². The fraction of sp³-hybridized carbons (Fsp3) is 0.211. The monoisotopic (exact) mass is 354 g/mol. The molecule has 0 aliphatic carbocycles. The number of barbiturate groups is 1. The zero-order valence-corrected chi connectivity index (χ0v) is 14.1. The fourth-order valence-corrected chi connectivity index (χ4v) is 2.84. The van der Waals surface area contributed by atoms with Crippen LogP contribution in [0, 0.1) is 5.92 Å². The third-order valence-corrected chi connectivity index (χ3v) is 4.22. The number of methoxy groups -OCH3 is 1. The molecule has 1 aliphatic heterocycles. The molecule has 4 amide bonds. The van der Waals surface area contributed by atoms with Crippen LogP contribution in [-0.4, -0.2) is 35.0 Å². The lowest BCUT2D eigenvalue weighted by atomic mass is 9.95. The van der Waals surface area contributed by atoms with Crippen LogP contribution in [0.25, 0.3) is 0 Å². The summed E-state index contributed by atoms with van der Waals surface area (Å²) < 4.78 is 5.05. The Kier molecular flexibility index (Phi) is 4.88. The first-order valence-corrected chi connectivity index (χ1v) is 8.05. The van der Waals surface area contributed by atoms with E-state index in [1.807, 2.05) is 18.2 Å². The second kappa shape index (κ2) is 7.26. The fourth-order valence-electron chi connectivity index (χ4n) is 2.84. The van der Waals surface area contributed by atoms with Crippen LogP contribution < -0.4 is 10.1 Å². The summed E-state index contributed by atoms with van der Waals surface area (Å²) in [5.41, 5.74) is 1.43. The van der Waals surface area contributed by atoms with Crippen molar-refractivity contribution in [2.24, 2.45) is 5.92 Å². The predicted octanol–water partition coefficient (Wildman–Crippen LogP) is 1.84. The average Bonchev–Trinajstić information content (AvgIpc) is 2.64. The van der Waals surface area contributed by atoms with Gasteiger partial charge in [-0.15, -0.1) is 0 Å². The Bertz CT molecular complexity index is 850. The third-order valence-electron chi connectivity index (χ3n) is 4.22. The standard InChI is InChI=1S/C19H18N2O5/c1-26-16-10-13(7-8-15(16)22)9-14-17(23)20-19(25)21(18(14)24)11-12-5-3-2-4-6-12/h2-8,10,14,22H,9,11H2,1H3,(H,20,23,25)/t14-/m0/s1. The summed E-state index contributed by atoms with van der Waals surface area (Å²) in [4.78, 5) is 38.0. The number of phenolic OH excluding ortho intramolecular Hbond substituents is 1. The minimum absolute atomic E-state index is 0.0310. The minimum Gasteiger partial charge on any atom is -0.504 e. The maximum absolute atomic E-state index is 12.7. The zero-order valence-electron chi connectivity index (χ0n) is 14.1. The van der Waals surface area contributed by atoms with Crippen molar-refractivity contribution >= 4 is 17.8 Å². The summed E-state index contributed by atoms with van der Waals surface area (Å²) in [5, 5.41) is 11.9. The van der Waals surface area contributed by atoms with Crippen LogP contribution in [0.15, 0.2) is 48.5 Å². The van der Waals surface area contributed by atoms with Gasteiger partial charge in [-0.05, 0) is 29.7 Å². The van der Waals surface area contributed by atoms with E-state index < -0.39 is 23.8 Å². The van der Waals surface area contributed by atoms with Gasteiger partial charge in [0, 0.05) is 0 Å². The first kappa shape index (κ1) is 17.5. The van der Waals surface area contributed by atoms with E-state index in [2.05, 4.69) is 5.32 Å². The molecule has 134 valence electrons. The highest BCUT2D eigenvalue weighted by molar-refractivity contribution is 6.16. The highest BCUT2D eigenvalue weighted by atomic mass is 16.5. The van der Waals surface area contributed by atoms with Crippen LogP contribution >= 0.6 is 0 Å². The number of hydrogen-bond acceptors (Lipinski definition) is 5. The summed E-state index contributed by atoms with van der Waals surface area (Å²) in [5.74, 6) is -1.98. The summed E-state index contributed by atoms with van der Waals surface area (Å²) in [6, 6.07) is 13.0. The van der Waals surface area contributed by atoms with Crippen LogP contribution in [0.4, 0.5) is 4.79 Å². The number of carbonyl (C=O) groups is 3. The number of nitrogens with zero attached hydrogens (tertiary/aromatic N) is 1. The summed E-state index contributed by atoms with van der Waals surface area (Å²) in [6.45, 7) is 0.0915. The molecule has 1 fully saturated rings. The molecule has 0 saturated carbocycles. The lowest BCUT2D eigenvalue weighted by Gasteiger charge is -2.30. The highest BCUT2D eigenvalue weighted by Crippen LogP contribution is 2.28. The second-order valence-corrected chi connectivity index (χ2v) is 5.97. The van der Waals surface area contributed by atoms with Crippen molar-refractivity contribution in [2.45, 2.75) is 13.0 Å². The molecular formula is C19H18N2O5. The number of aromatic hydroxyl groups is 1. The highest BCUT2D eigenvalue weighted by Gasteiger charge is 2.40. The maximum atomic E-state index is 12.7. The van der Waals surface area contributed by atoms with Gasteiger partial charge in [0.1, 0.15) is 5.92 Å². The Morgan fingerprint density at radius 3 is 2.50 bits per heavy atom. The Morgan fingerprint density at radius 1 is 1.08 bits per heavy atom. The van der Waals surface area contributed by atoms with E-state index in [0.717, 1.165) is 10.5 Å². The molecule has 1 aliphatic rings. The molecule has 26 heavy (non-hydrogen) atoms. The molecule has 1 atom stereocenters. The van der Waals surface area contributed by atoms with E-state index >= 15 is 0 Å². The number of benzene rings is 2. The number of phenols is 1. The molecular weight excluding hydrogens is 336 g/mol. The zero-order chi connectivity index (χ0) is 18.7. The maximum Gasteiger partial charge on any atom is 0.331 e. The number of urea groups is 1. The first-order chi connectivity index (χ1) is 12.5. The van der Waals surface area contributed by atoms with Crippen molar-refractivity contribution in [3.8, 4) is 11.5 Å². The normalized spacial score (nSPS) is 17.2. The molecule has 7 heteroatoms. The summed E-state index contributed by atoms with van der Waals surface area (Å²) in [7, 11) is 1.41. The summed E-state index contributed by atoms with van der Waals surface area (Å²) >= 11 is 0. The number of hydrogen-bond donors (Lipinski definition) is 2. The number of ether oxygens (including phenoxy) is 1. The molecule has 0 radical (unpaired) electrons. The molecule has 0 bridgehead atoms. The third kappa shape index (κ3) is 3.51. The van der Waals surface area contributed by atoms with Crippen LogP contribution in [0.5, 0.6) is 11.5 Å². The van der Waals surface area contributed by atoms with Crippen molar-refractivity contribution in [1.82, 2.24) is 10.2 Å². The Hall–Kier alpha value is -3.35. The van der Waals surface area contributed by atoms with Crippen molar-refractivity contribution in [1.29, 1.82) is 0 Å². The van der Waals surface area contributed by atoms with Crippen molar-refractivity contribution in [3.05, 3.63) is 59.7 Å². The van der Waals surface area contributed by atoms with Crippen molar-refractivity contribution < 1.29 is 24.2 Å². The first-order valence-electron chi connectivity index (χ1n) is 8.05. The molecule has 3 rings (SSSR count). The van der Waals surface area contributed by atoms with Crippen molar-refractivity contribution in [2.75, 3.05) is 7.11 Å². The van der Waals surface area contributed by atoms with Gasteiger partial charge in [-0.3, -0.25) is 19.8 Å². The Balaban J connectivity index is 1.81. The van der Waals surface area contributed by atoms with Crippen LogP contribution in [0.3, 0.4) is 0 Å². The van der Waals surface area contributed by atoms with E-state index in [-0.39, 0.29) is 24.5 Å². The van der Waals surface area contributed by atoms with Gasteiger partial charge >= 0.3 is 6.03 Å². The molecule has 2 aromatic carbocycles. The van der Waals surface area contributed by atoms with E-state index in [4.69, 9.17) is 4.74 Å². The number of imide groups is 2. The second-order valence-electron chi connectivity index (χ2n) is 5.97. The molecule has 2 aromatic rings. The largest absolute Gasteiger partial charge is 0.504 e. The minimum atomic E-state index is -1.02. The van der Waals surface area contributed by atoms with Gasteiger partial charge in [0.05, 0.1) is 13.7 Å². The van der Waals surface area contributed by atoms with Gasteiger partial charge in [-0.25, -0.2) is 4.79 Å². The van der Waals surface area contributed by atoms with Gasteiger partial charge in [0.2, 0.25) is 11.8 Å². The number of carbonyl (C=O) groups excluding carboxylic acids is 3. The lowest BCUT2D eigenvalue weighted by molar-refractivity contribution is -0.142. The molecule has 0 spiro atoms. The number of rotatable bonds is 5. The molecule has 7 nitrogen and oxygen atoms in total. The Labute approximate surface area is 150 Å². The van der Waals surface area contributed by atoms with Gasteiger partial charge in [-0.1, -0.05) is 36.4 Å². The number of nitrogens with one attached hydrogen (secondary N) is 1. The predicted molar refractivity (Wildman–Crippen MR) is 92.4 cm³/mol. The van der Waals surface area contributed by atoms with Crippen LogP contribution in [0.1, 0.15) is 11.1 Å². The number of amides is 4. The van der Waals surface area contributed by atoms with E-state index in [0.29, 0.717) is 5.56 Å². The van der Waals surface area contributed by atoms with Gasteiger partial charge < -0.3 is 9.84 Å². The SMILES string of the molecule is COc1cc(C[C@H]2C(=O)NC(=O)N(Cc3ccccc3)C2=O)ccc1O. The quantitative estimate of drug-likeness (QED) is 0.799. The summed E-state index contributed by atoms with van der Waals surface area (Å²) in [6.07, 6.45) is 0.0971. The molecule has 2 N–H and O–H groups in total. The average molecular weight is 354 g/mol. The van der Waals surface area contributed by atoms with Crippen LogP contribution in [-0.2, 0) is 22.6 Å². The molecule has 1 heterocycles. The van der Waals surface area contributed by atoms with Crippen LogP contribution in [0.2, 0.25) is 0 Å². The molecule has 0 aromatic heterocycles. The van der Waals surface area contributed by atoms with E-state index in [9.17, 15) is 19.5 Å². The van der Waals surface area contributed by atoms with Crippen molar-refractivity contribution in [3.63, 3.8) is 0 Å². The van der Waals surface area contributed by atoms with Gasteiger partial charge in [0.15, 0.2) is 11.5 Å². The topological polar surface area (TPSA) is 95.9 Å².